The summed E-state index contributed by atoms with van der Waals surface area (Å²) in [5.41, 5.74) is 0. The van der Waals surface area contributed by atoms with Gasteiger partial charge >= 0.3 is 0 Å². The normalized spacial score (nSPS) is 17.4. The van der Waals surface area contributed by atoms with Crippen LogP contribution in [0.1, 0.15) is 25.6 Å². The van der Waals surface area contributed by atoms with E-state index < -0.39 is 0 Å². The van der Waals surface area contributed by atoms with Crippen molar-refractivity contribution in [2.24, 2.45) is 0 Å². The summed E-state index contributed by atoms with van der Waals surface area (Å²) in [6.45, 7) is 11.0. The fraction of sp³-hybridized carbons (Fsp3) is 0.588. The van der Waals surface area contributed by atoms with Gasteiger partial charge in [0.25, 0.3) is 0 Å². The number of thioether (sulfide) groups is 1. The Hall–Kier alpha value is -1.18. The second-order valence-corrected chi connectivity index (χ2v) is 8.43. The molecule has 0 aromatic carbocycles. The molecule has 1 aliphatic heterocycles. The van der Waals surface area contributed by atoms with Crippen LogP contribution >= 0.6 is 23.1 Å². The first kappa shape index (κ1) is 17.6. The van der Waals surface area contributed by atoms with Gasteiger partial charge in [-0.2, -0.15) is 0 Å². The number of carbonyl (C=O) groups excluding carboxylic acids is 1. The van der Waals surface area contributed by atoms with Gasteiger partial charge in [0, 0.05) is 36.4 Å². The standard InChI is InChI=1S/C17H24N4OS2/c1-4-13-10-14-15(18-11-19-16(14)24-13)23-12(3)17(22)21-8-6-20(5-2)7-9-21/h10-12H,4-9H2,1-3H3. The molecule has 1 saturated heterocycles. The van der Waals surface area contributed by atoms with Crippen molar-refractivity contribution in [1.29, 1.82) is 0 Å². The first-order chi connectivity index (χ1) is 11.6. The Morgan fingerprint density at radius 2 is 2.04 bits per heavy atom. The zero-order valence-corrected chi connectivity index (χ0v) is 16.1. The summed E-state index contributed by atoms with van der Waals surface area (Å²) in [6, 6.07) is 2.17. The lowest BCUT2D eigenvalue weighted by Gasteiger charge is -2.35. The number of carbonyl (C=O) groups is 1. The molecule has 1 atom stereocenters. The maximum Gasteiger partial charge on any atom is 0.235 e. The molecule has 1 aliphatic rings. The van der Waals surface area contributed by atoms with Crippen LogP contribution in [0, 0.1) is 0 Å². The Morgan fingerprint density at radius 3 is 2.71 bits per heavy atom. The van der Waals surface area contributed by atoms with Gasteiger partial charge in [-0.1, -0.05) is 25.6 Å². The maximum atomic E-state index is 12.7. The van der Waals surface area contributed by atoms with Gasteiger partial charge in [-0.15, -0.1) is 11.3 Å². The van der Waals surface area contributed by atoms with E-state index in [-0.39, 0.29) is 11.2 Å². The molecule has 3 heterocycles. The zero-order valence-electron chi connectivity index (χ0n) is 14.5. The van der Waals surface area contributed by atoms with Gasteiger partial charge in [0.15, 0.2) is 0 Å². The number of hydrogen-bond donors (Lipinski definition) is 0. The quantitative estimate of drug-likeness (QED) is 0.603. The van der Waals surface area contributed by atoms with Crippen LogP contribution in [0.3, 0.4) is 0 Å². The molecule has 0 N–H and O–H groups in total. The third kappa shape index (κ3) is 3.73. The van der Waals surface area contributed by atoms with Crippen LogP contribution in [-0.4, -0.2) is 63.6 Å². The number of nitrogens with zero attached hydrogens (tertiary/aromatic N) is 4. The molecule has 1 unspecified atom stereocenters. The van der Waals surface area contributed by atoms with E-state index in [0.29, 0.717) is 0 Å². The van der Waals surface area contributed by atoms with E-state index in [1.54, 1.807) is 29.4 Å². The summed E-state index contributed by atoms with van der Waals surface area (Å²) >= 11 is 3.27. The van der Waals surface area contributed by atoms with Crippen LogP contribution in [0.2, 0.25) is 0 Å². The van der Waals surface area contributed by atoms with Gasteiger partial charge in [0.05, 0.1) is 5.25 Å². The molecule has 1 fully saturated rings. The van der Waals surface area contributed by atoms with Crippen LogP contribution in [0.4, 0.5) is 0 Å². The Labute approximate surface area is 151 Å². The molecule has 130 valence electrons. The summed E-state index contributed by atoms with van der Waals surface area (Å²) in [6.07, 6.45) is 2.61. The molecule has 2 aromatic heterocycles. The van der Waals surface area contributed by atoms with Crippen molar-refractivity contribution >= 4 is 39.2 Å². The summed E-state index contributed by atoms with van der Waals surface area (Å²) in [4.78, 5) is 28.2. The Morgan fingerprint density at radius 1 is 1.29 bits per heavy atom. The number of likely N-dealkylation sites (N-methyl/N-ethyl adjacent to an activating group) is 1. The van der Waals surface area contributed by atoms with E-state index in [4.69, 9.17) is 0 Å². The molecule has 0 saturated carbocycles. The summed E-state index contributed by atoms with van der Waals surface area (Å²) < 4.78 is 0. The molecule has 0 radical (unpaired) electrons. The fourth-order valence-corrected chi connectivity index (χ4v) is 4.89. The second-order valence-electron chi connectivity index (χ2n) is 5.98. The summed E-state index contributed by atoms with van der Waals surface area (Å²) in [7, 11) is 0. The lowest BCUT2D eigenvalue weighted by atomic mass is 10.3. The van der Waals surface area contributed by atoms with Crippen molar-refractivity contribution in [1.82, 2.24) is 19.8 Å². The number of rotatable bonds is 5. The molecule has 1 amide bonds. The van der Waals surface area contributed by atoms with Crippen LogP contribution in [-0.2, 0) is 11.2 Å². The predicted molar refractivity (Wildman–Crippen MR) is 101 cm³/mol. The topological polar surface area (TPSA) is 49.3 Å². The number of hydrogen-bond acceptors (Lipinski definition) is 6. The van der Waals surface area contributed by atoms with Crippen molar-refractivity contribution in [3.8, 4) is 0 Å². The highest BCUT2D eigenvalue weighted by molar-refractivity contribution is 8.00. The number of fused-ring (bicyclic) bond motifs is 1. The number of aryl methyl sites for hydroxylation is 1. The average Bonchev–Trinajstić information content (AvgIpc) is 3.05. The third-order valence-corrected chi connectivity index (χ3v) is 6.75. The third-order valence-electron chi connectivity index (χ3n) is 4.46. The molecular formula is C17H24N4OS2. The minimum atomic E-state index is -0.124. The molecule has 3 rings (SSSR count). The molecule has 2 aromatic rings. The highest BCUT2D eigenvalue weighted by atomic mass is 32.2. The highest BCUT2D eigenvalue weighted by Crippen LogP contribution is 2.33. The van der Waals surface area contributed by atoms with Gasteiger partial charge in [0.1, 0.15) is 16.2 Å². The van der Waals surface area contributed by atoms with E-state index in [1.807, 2.05) is 11.8 Å². The Bertz CT molecular complexity index is 710. The second kappa shape index (κ2) is 7.80. The van der Waals surface area contributed by atoms with Crippen LogP contribution in [0.15, 0.2) is 17.4 Å². The minimum absolute atomic E-state index is 0.124. The van der Waals surface area contributed by atoms with Gasteiger partial charge < -0.3 is 9.80 Å². The molecule has 5 nitrogen and oxygen atoms in total. The van der Waals surface area contributed by atoms with E-state index in [0.717, 1.165) is 54.4 Å². The minimum Gasteiger partial charge on any atom is -0.339 e. The first-order valence-electron chi connectivity index (χ1n) is 8.53. The summed E-state index contributed by atoms with van der Waals surface area (Å²) in [5, 5.41) is 1.88. The van der Waals surface area contributed by atoms with E-state index >= 15 is 0 Å². The lowest BCUT2D eigenvalue weighted by molar-refractivity contribution is -0.132. The monoisotopic (exact) mass is 364 g/mol. The van der Waals surface area contributed by atoms with Crippen LogP contribution < -0.4 is 0 Å². The zero-order chi connectivity index (χ0) is 17.1. The van der Waals surface area contributed by atoms with Crippen molar-refractivity contribution in [3.05, 3.63) is 17.3 Å². The van der Waals surface area contributed by atoms with Crippen molar-refractivity contribution in [2.75, 3.05) is 32.7 Å². The lowest BCUT2D eigenvalue weighted by Crippen LogP contribution is -2.50. The molecule has 0 spiro atoms. The largest absolute Gasteiger partial charge is 0.339 e. The number of aromatic nitrogens is 2. The SMILES string of the molecule is CCc1cc2c(SC(C)C(=O)N3CCN(CC)CC3)ncnc2s1. The number of piperazine rings is 1. The molecule has 7 heteroatoms. The van der Waals surface area contributed by atoms with Gasteiger partial charge in [0.2, 0.25) is 5.91 Å². The predicted octanol–water partition coefficient (Wildman–Crippen LogP) is 2.90. The maximum absolute atomic E-state index is 12.7. The summed E-state index contributed by atoms with van der Waals surface area (Å²) in [5.74, 6) is 0.216. The molecule has 24 heavy (non-hydrogen) atoms. The molecule has 0 bridgehead atoms. The number of amides is 1. The van der Waals surface area contributed by atoms with Gasteiger partial charge in [-0.25, -0.2) is 9.97 Å². The van der Waals surface area contributed by atoms with Crippen LogP contribution in [0.5, 0.6) is 0 Å². The highest BCUT2D eigenvalue weighted by Gasteiger charge is 2.26. The first-order valence-corrected chi connectivity index (χ1v) is 10.2. The van der Waals surface area contributed by atoms with Crippen molar-refractivity contribution < 1.29 is 4.79 Å². The van der Waals surface area contributed by atoms with Gasteiger partial charge in [-0.3, -0.25) is 4.79 Å². The van der Waals surface area contributed by atoms with E-state index in [1.165, 1.54) is 4.88 Å². The van der Waals surface area contributed by atoms with Crippen LogP contribution in [0.25, 0.3) is 10.2 Å². The Balaban J connectivity index is 1.69. The van der Waals surface area contributed by atoms with Gasteiger partial charge in [-0.05, 0) is 26.0 Å². The number of thiophene rings is 1. The van der Waals surface area contributed by atoms with E-state index in [2.05, 4.69) is 34.8 Å². The Kier molecular flexibility index (Phi) is 5.73. The smallest absolute Gasteiger partial charge is 0.235 e. The average molecular weight is 365 g/mol. The van der Waals surface area contributed by atoms with E-state index in [9.17, 15) is 4.79 Å². The fourth-order valence-electron chi connectivity index (χ4n) is 2.91. The van der Waals surface area contributed by atoms with Crippen molar-refractivity contribution in [2.45, 2.75) is 37.5 Å². The van der Waals surface area contributed by atoms with Crippen molar-refractivity contribution in [3.63, 3.8) is 0 Å². The molecule has 0 aliphatic carbocycles. The molecular weight excluding hydrogens is 340 g/mol.